The second kappa shape index (κ2) is 9.55. The van der Waals surface area contributed by atoms with Gasteiger partial charge in [-0.25, -0.2) is 18.4 Å². The molecule has 0 aliphatic carbocycles. The van der Waals surface area contributed by atoms with Crippen molar-refractivity contribution >= 4 is 32.4 Å². The molecule has 0 fully saturated rings. The fourth-order valence-corrected chi connectivity index (χ4v) is 4.52. The summed E-state index contributed by atoms with van der Waals surface area (Å²) in [4.78, 5) is 17.4. The minimum Gasteiger partial charge on any atom is -0.368 e. The summed E-state index contributed by atoms with van der Waals surface area (Å²) in [6.07, 6.45) is 4.83. The number of para-hydroxylation sites is 1. The van der Waals surface area contributed by atoms with Crippen LogP contribution in [0.5, 0.6) is 0 Å². The smallest absolute Gasteiger partial charge is 0.229 e. The molecule has 3 aromatic heterocycles. The van der Waals surface area contributed by atoms with Gasteiger partial charge in [-0.05, 0) is 60.7 Å². The van der Waals surface area contributed by atoms with Gasteiger partial charge in [0.15, 0.2) is 5.82 Å². The zero-order valence-corrected chi connectivity index (χ0v) is 19.8. The summed E-state index contributed by atoms with van der Waals surface area (Å²) in [5.74, 6) is 1.27. The topological polar surface area (TPSA) is 113 Å². The van der Waals surface area contributed by atoms with Crippen LogP contribution in [0, 0.1) is 0 Å². The molecule has 3 N–H and O–H groups in total. The molecule has 3 heterocycles. The van der Waals surface area contributed by atoms with Crippen molar-refractivity contribution in [3.8, 4) is 11.4 Å². The molecule has 8 nitrogen and oxygen atoms in total. The lowest BCUT2D eigenvalue weighted by atomic mass is 10.0. The highest BCUT2D eigenvalue weighted by atomic mass is 32.2. The molecule has 9 heteroatoms. The van der Waals surface area contributed by atoms with Crippen molar-refractivity contribution in [3.63, 3.8) is 0 Å². The number of hydrogen-bond donors (Lipinski definition) is 3. The van der Waals surface area contributed by atoms with Crippen LogP contribution in [0.1, 0.15) is 17.3 Å². The average Bonchev–Trinajstić information content (AvgIpc) is 3.39. The standard InChI is InChI=1S/C26H24N6O2S/c1-35(33,34)32-19-13-11-18(12-14-19)25-30-24-9-3-2-7-20(24)26(31-25)29-17-21(23-10-6-16-28-23)22-8-4-5-15-27-22/h2-16,21,28,32H,17H2,1H3,(H,29,30,31). The maximum Gasteiger partial charge on any atom is 0.229 e. The van der Waals surface area contributed by atoms with E-state index in [2.05, 4.69) is 26.1 Å². The number of nitrogens with zero attached hydrogens (tertiary/aromatic N) is 3. The number of benzene rings is 2. The van der Waals surface area contributed by atoms with Gasteiger partial charge in [-0.15, -0.1) is 0 Å². The van der Waals surface area contributed by atoms with E-state index < -0.39 is 10.0 Å². The van der Waals surface area contributed by atoms with Crippen molar-refractivity contribution in [1.29, 1.82) is 0 Å². The number of aromatic nitrogens is 4. The summed E-state index contributed by atoms with van der Waals surface area (Å²) in [6, 6.07) is 24.8. The van der Waals surface area contributed by atoms with Crippen molar-refractivity contribution < 1.29 is 8.42 Å². The van der Waals surface area contributed by atoms with E-state index in [0.717, 1.165) is 39.9 Å². The predicted molar refractivity (Wildman–Crippen MR) is 139 cm³/mol. The Labute approximate surface area is 203 Å². The van der Waals surface area contributed by atoms with Crippen molar-refractivity contribution in [2.45, 2.75) is 5.92 Å². The molecular weight excluding hydrogens is 460 g/mol. The van der Waals surface area contributed by atoms with Crippen LogP contribution in [-0.4, -0.2) is 41.2 Å². The number of pyridine rings is 1. The third kappa shape index (κ3) is 5.30. The lowest BCUT2D eigenvalue weighted by molar-refractivity contribution is 0.607. The Kier molecular flexibility index (Phi) is 6.15. The highest BCUT2D eigenvalue weighted by molar-refractivity contribution is 7.92. The molecule has 5 rings (SSSR count). The molecule has 5 aromatic rings. The van der Waals surface area contributed by atoms with Gasteiger partial charge in [0.25, 0.3) is 0 Å². The Hall–Kier alpha value is -4.24. The minimum atomic E-state index is -3.35. The number of hydrogen-bond acceptors (Lipinski definition) is 6. The fourth-order valence-electron chi connectivity index (χ4n) is 3.96. The molecule has 0 bridgehead atoms. The molecule has 0 aliphatic rings. The Bertz CT molecular complexity index is 1540. The van der Waals surface area contributed by atoms with Gasteiger partial charge in [0.05, 0.1) is 23.4 Å². The molecule has 1 atom stereocenters. The van der Waals surface area contributed by atoms with Crippen LogP contribution < -0.4 is 10.0 Å². The van der Waals surface area contributed by atoms with E-state index in [-0.39, 0.29) is 5.92 Å². The Balaban J connectivity index is 1.48. The first kappa shape index (κ1) is 22.5. The van der Waals surface area contributed by atoms with Crippen LogP contribution in [0.3, 0.4) is 0 Å². The van der Waals surface area contributed by atoms with Crippen LogP contribution in [0.25, 0.3) is 22.3 Å². The van der Waals surface area contributed by atoms with Gasteiger partial charge in [0.1, 0.15) is 5.82 Å². The number of sulfonamides is 1. The van der Waals surface area contributed by atoms with Crippen LogP contribution in [0.4, 0.5) is 11.5 Å². The van der Waals surface area contributed by atoms with Crippen molar-refractivity contribution in [1.82, 2.24) is 19.9 Å². The van der Waals surface area contributed by atoms with Gasteiger partial charge in [0, 0.05) is 41.3 Å². The van der Waals surface area contributed by atoms with Crippen LogP contribution in [0.15, 0.2) is 91.3 Å². The predicted octanol–water partition coefficient (Wildman–Crippen LogP) is 4.64. The number of anilines is 2. The Morgan fingerprint density at radius 2 is 1.71 bits per heavy atom. The van der Waals surface area contributed by atoms with E-state index in [1.807, 2.05) is 54.7 Å². The van der Waals surface area contributed by atoms with E-state index in [4.69, 9.17) is 9.97 Å². The minimum absolute atomic E-state index is 0.00438. The highest BCUT2D eigenvalue weighted by Crippen LogP contribution is 2.28. The number of aromatic amines is 1. The van der Waals surface area contributed by atoms with Gasteiger partial charge in [-0.2, -0.15) is 0 Å². The lowest BCUT2D eigenvalue weighted by Crippen LogP contribution is -2.16. The number of fused-ring (bicyclic) bond motifs is 1. The quantitative estimate of drug-likeness (QED) is 0.296. The van der Waals surface area contributed by atoms with Gasteiger partial charge >= 0.3 is 0 Å². The first-order valence-electron chi connectivity index (χ1n) is 11.1. The summed E-state index contributed by atoms with van der Waals surface area (Å²) in [5, 5.41) is 4.44. The molecule has 0 radical (unpaired) electrons. The van der Waals surface area contributed by atoms with Gasteiger partial charge in [-0.3, -0.25) is 9.71 Å². The average molecular weight is 485 g/mol. The van der Waals surface area contributed by atoms with E-state index in [0.29, 0.717) is 18.1 Å². The first-order valence-corrected chi connectivity index (χ1v) is 13.0. The molecule has 1 unspecified atom stereocenters. The van der Waals surface area contributed by atoms with Crippen LogP contribution in [0.2, 0.25) is 0 Å². The van der Waals surface area contributed by atoms with Gasteiger partial charge < -0.3 is 10.3 Å². The zero-order chi connectivity index (χ0) is 24.3. The van der Waals surface area contributed by atoms with Crippen LogP contribution >= 0.6 is 0 Å². The zero-order valence-electron chi connectivity index (χ0n) is 19.0. The Morgan fingerprint density at radius 1 is 0.914 bits per heavy atom. The molecular formula is C26H24N6O2S. The number of nitrogens with one attached hydrogen (secondary N) is 3. The molecule has 0 saturated heterocycles. The maximum absolute atomic E-state index is 11.5. The second-order valence-corrected chi connectivity index (χ2v) is 9.93. The molecule has 2 aromatic carbocycles. The summed E-state index contributed by atoms with van der Waals surface area (Å²) < 4.78 is 25.5. The molecule has 0 amide bonds. The molecule has 0 spiro atoms. The van der Waals surface area contributed by atoms with Crippen molar-refractivity contribution in [2.75, 3.05) is 22.8 Å². The van der Waals surface area contributed by atoms with E-state index in [1.54, 1.807) is 30.5 Å². The summed E-state index contributed by atoms with van der Waals surface area (Å²) in [5.41, 5.74) is 4.09. The van der Waals surface area contributed by atoms with Crippen molar-refractivity contribution in [3.05, 3.63) is 103 Å². The number of rotatable bonds is 8. The largest absolute Gasteiger partial charge is 0.368 e. The Morgan fingerprint density at radius 3 is 2.43 bits per heavy atom. The summed E-state index contributed by atoms with van der Waals surface area (Å²) in [6.45, 7) is 0.579. The number of H-pyrrole nitrogens is 1. The SMILES string of the molecule is CS(=O)(=O)Nc1ccc(-c2nc(NCC(c3ccccn3)c3ccc[nH]3)c3ccccc3n2)cc1. The first-order chi connectivity index (χ1) is 17.0. The molecule has 0 saturated carbocycles. The molecule has 35 heavy (non-hydrogen) atoms. The normalized spacial score (nSPS) is 12.4. The lowest BCUT2D eigenvalue weighted by Gasteiger charge is -2.18. The van der Waals surface area contributed by atoms with Crippen LogP contribution in [-0.2, 0) is 10.0 Å². The third-order valence-electron chi connectivity index (χ3n) is 5.57. The molecule has 0 aliphatic heterocycles. The summed E-state index contributed by atoms with van der Waals surface area (Å²) in [7, 11) is -3.35. The fraction of sp³-hybridized carbons (Fsp3) is 0.115. The van der Waals surface area contributed by atoms with E-state index in [9.17, 15) is 8.42 Å². The second-order valence-electron chi connectivity index (χ2n) is 8.18. The van der Waals surface area contributed by atoms with E-state index >= 15 is 0 Å². The van der Waals surface area contributed by atoms with Gasteiger partial charge in [0.2, 0.25) is 10.0 Å². The monoisotopic (exact) mass is 484 g/mol. The van der Waals surface area contributed by atoms with E-state index in [1.165, 1.54) is 0 Å². The molecule has 176 valence electrons. The van der Waals surface area contributed by atoms with Crippen molar-refractivity contribution in [2.24, 2.45) is 0 Å². The maximum atomic E-state index is 11.5. The highest BCUT2D eigenvalue weighted by Gasteiger charge is 2.18. The summed E-state index contributed by atoms with van der Waals surface area (Å²) >= 11 is 0. The third-order valence-corrected chi connectivity index (χ3v) is 6.17. The van der Waals surface area contributed by atoms with Gasteiger partial charge in [-0.1, -0.05) is 18.2 Å².